The Morgan fingerprint density at radius 1 is 1.14 bits per heavy atom. The molecule has 1 atom stereocenters. The average Bonchev–Trinajstić information content (AvgIpc) is 2.65. The summed E-state index contributed by atoms with van der Waals surface area (Å²) in [7, 11) is 0. The maximum Gasteiger partial charge on any atom is 0.242 e. The SMILES string of the molecule is C[C@@H](C(=O)NC(C)(C)C)N(Cc1ccccc1F)C(=O)CSc1ccc(Cl)cc1. The van der Waals surface area contributed by atoms with Crippen LogP contribution in [0.15, 0.2) is 53.4 Å². The first-order chi connectivity index (χ1) is 13.6. The highest BCUT2D eigenvalue weighted by molar-refractivity contribution is 8.00. The van der Waals surface area contributed by atoms with E-state index in [4.69, 9.17) is 11.6 Å². The number of nitrogens with one attached hydrogen (secondary N) is 1. The van der Waals surface area contributed by atoms with E-state index in [0.29, 0.717) is 10.6 Å². The van der Waals surface area contributed by atoms with Crippen molar-refractivity contribution in [1.82, 2.24) is 10.2 Å². The highest BCUT2D eigenvalue weighted by atomic mass is 35.5. The number of carbonyl (C=O) groups excluding carboxylic acids is 2. The van der Waals surface area contributed by atoms with Gasteiger partial charge in [0.05, 0.1) is 5.75 Å². The van der Waals surface area contributed by atoms with E-state index in [1.165, 1.54) is 22.7 Å². The first-order valence-electron chi connectivity index (χ1n) is 9.30. The Morgan fingerprint density at radius 3 is 2.34 bits per heavy atom. The summed E-state index contributed by atoms with van der Waals surface area (Å²) in [6.45, 7) is 7.29. The summed E-state index contributed by atoms with van der Waals surface area (Å²) in [5.74, 6) is -0.800. The minimum atomic E-state index is -0.743. The van der Waals surface area contributed by atoms with Crippen LogP contribution in [-0.2, 0) is 16.1 Å². The number of hydrogen-bond acceptors (Lipinski definition) is 3. The van der Waals surface area contributed by atoms with E-state index in [9.17, 15) is 14.0 Å². The number of amides is 2. The Morgan fingerprint density at radius 2 is 1.76 bits per heavy atom. The van der Waals surface area contributed by atoms with Crippen molar-refractivity contribution < 1.29 is 14.0 Å². The molecule has 0 aliphatic rings. The van der Waals surface area contributed by atoms with Crippen LogP contribution in [0.4, 0.5) is 4.39 Å². The van der Waals surface area contributed by atoms with Gasteiger partial charge in [0.25, 0.3) is 0 Å². The van der Waals surface area contributed by atoms with Crippen LogP contribution in [0.5, 0.6) is 0 Å². The van der Waals surface area contributed by atoms with Crippen LogP contribution in [0.25, 0.3) is 0 Å². The second-order valence-corrected chi connectivity index (χ2v) is 9.26. The lowest BCUT2D eigenvalue weighted by Gasteiger charge is -2.31. The fourth-order valence-corrected chi connectivity index (χ4v) is 3.54. The van der Waals surface area contributed by atoms with E-state index in [0.717, 1.165) is 4.90 Å². The first kappa shape index (κ1) is 23.2. The molecule has 0 aromatic heterocycles. The zero-order chi connectivity index (χ0) is 21.6. The molecule has 0 saturated carbocycles. The largest absolute Gasteiger partial charge is 0.350 e. The minimum Gasteiger partial charge on any atom is -0.350 e. The number of nitrogens with zero attached hydrogens (tertiary/aromatic N) is 1. The zero-order valence-corrected chi connectivity index (χ0v) is 18.6. The lowest BCUT2D eigenvalue weighted by molar-refractivity contribution is -0.139. The Bertz CT molecular complexity index is 853. The molecular formula is C22H26ClFN2O2S. The van der Waals surface area contributed by atoms with E-state index < -0.39 is 17.4 Å². The summed E-state index contributed by atoms with van der Waals surface area (Å²) < 4.78 is 14.2. The van der Waals surface area contributed by atoms with Crippen molar-refractivity contribution in [2.24, 2.45) is 0 Å². The molecular weight excluding hydrogens is 411 g/mol. The summed E-state index contributed by atoms with van der Waals surface area (Å²) in [6, 6.07) is 12.7. The molecule has 0 bridgehead atoms. The molecule has 0 aliphatic carbocycles. The fourth-order valence-electron chi connectivity index (χ4n) is 2.63. The third kappa shape index (κ3) is 7.37. The van der Waals surface area contributed by atoms with Crippen molar-refractivity contribution in [3.05, 3.63) is 64.9 Å². The van der Waals surface area contributed by atoms with E-state index >= 15 is 0 Å². The molecule has 0 saturated heterocycles. The molecule has 7 heteroatoms. The van der Waals surface area contributed by atoms with Gasteiger partial charge in [-0.05, 0) is 58.0 Å². The van der Waals surface area contributed by atoms with Crippen LogP contribution < -0.4 is 5.32 Å². The van der Waals surface area contributed by atoms with Gasteiger partial charge in [0.2, 0.25) is 11.8 Å². The number of benzene rings is 2. The Hall–Kier alpha value is -2.05. The van der Waals surface area contributed by atoms with Crippen molar-refractivity contribution in [3.8, 4) is 0 Å². The summed E-state index contributed by atoms with van der Waals surface area (Å²) in [4.78, 5) is 28.0. The summed E-state index contributed by atoms with van der Waals surface area (Å²) >= 11 is 7.24. The third-order valence-electron chi connectivity index (χ3n) is 4.14. The maximum absolute atomic E-state index is 14.2. The van der Waals surface area contributed by atoms with Gasteiger partial charge < -0.3 is 10.2 Å². The van der Waals surface area contributed by atoms with Crippen LogP contribution in [0.1, 0.15) is 33.3 Å². The third-order valence-corrected chi connectivity index (χ3v) is 5.39. The number of hydrogen-bond donors (Lipinski definition) is 1. The summed E-state index contributed by atoms with van der Waals surface area (Å²) in [5.41, 5.74) is -0.0661. The molecule has 2 aromatic rings. The highest BCUT2D eigenvalue weighted by Gasteiger charge is 2.28. The smallest absolute Gasteiger partial charge is 0.242 e. The van der Waals surface area contributed by atoms with Gasteiger partial charge in [-0.3, -0.25) is 9.59 Å². The number of carbonyl (C=O) groups is 2. The van der Waals surface area contributed by atoms with E-state index in [-0.39, 0.29) is 24.1 Å². The standard InChI is InChI=1S/C22H26ClFN2O2S/c1-15(21(28)25-22(2,3)4)26(13-16-7-5-6-8-19(16)24)20(27)14-29-18-11-9-17(23)10-12-18/h5-12,15H,13-14H2,1-4H3,(H,25,28)/t15-/m0/s1. The Kier molecular flexibility index (Phi) is 8.11. The van der Waals surface area contributed by atoms with Crippen molar-refractivity contribution in [2.45, 2.75) is 50.7 Å². The lowest BCUT2D eigenvalue weighted by Crippen LogP contribution is -2.52. The molecule has 29 heavy (non-hydrogen) atoms. The van der Waals surface area contributed by atoms with Gasteiger partial charge in [0.15, 0.2) is 0 Å². The number of halogens is 2. The van der Waals surface area contributed by atoms with Crippen molar-refractivity contribution in [1.29, 1.82) is 0 Å². The number of thioether (sulfide) groups is 1. The van der Waals surface area contributed by atoms with Crippen molar-refractivity contribution in [3.63, 3.8) is 0 Å². The molecule has 0 aliphatic heterocycles. The molecule has 1 N–H and O–H groups in total. The van der Waals surface area contributed by atoms with Crippen LogP contribution in [0.2, 0.25) is 5.02 Å². The van der Waals surface area contributed by atoms with Crippen LogP contribution in [0.3, 0.4) is 0 Å². The van der Waals surface area contributed by atoms with E-state index in [1.54, 1.807) is 37.3 Å². The maximum atomic E-state index is 14.2. The van der Waals surface area contributed by atoms with Gasteiger partial charge in [-0.25, -0.2) is 4.39 Å². The average molecular weight is 437 g/mol. The summed E-state index contributed by atoms with van der Waals surface area (Å²) in [6.07, 6.45) is 0. The first-order valence-corrected chi connectivity index (χ1v) is 10.7. The quantitative estimate of drug-likeness (QED) is 0.628. The second-order valence-electron chi connectivity index (χ2n) is 7.77. The summed E-state index contributed by atoms with van der Waals surface area (Å²) in [5, 5.41) is 3.51. The van der Waals surface area contributed by atoms with E-state index in [1.807, 2.05) is 32.9 Å². The van der Waals surface area contributed by atoms with Crippen LogP contribution in [0, 0.1) is 5.82 Å². The monoisotopic (exact) mass is 436 g/mol. The fraction of sp³-hybridized carbons (Fsp3) is 0.364. The van der Waals surface area contributed by atoms with Gasteiger partial charge in [0, 0.05) is 27.6 Å². The van der Waals surface area contributed by atoms with Gasteiger partial charge in [-0.2, -0.15) is 0 Å². The molecule has 2 amide bonds. The minimum absolute atomic E-state index is 0.0193. The topological polar surface area (TPSA) is 49.4 Å². The van der Waals surface area contributed by atoms with Gasteiger partial charge in [-0.1, -0.05) is 29.8 Å². The van der Waals surface area contributed by atoms with Gasteiger partial charge in [0.1, 0.15) is 11.9 Å². The molecule has 0 unspecified atom stereocenters. The van der Waals surface area contributed by atoms with Gasteiger partial charge in [-0.15, -0.1) is 11.8 Å². The molecule has 156 valence electrons. The lowest BCUT2D eigenvalue weighted by atomic mass is 10.1. The molecule has 0 heterocycles. The Labute approximate surface area is 180 Å². The zero-order valence-electron chi connectivity index (χ0n) is 17.0. The normalized spacial score (nSPS) is 12.3. The molecule has 0 spiro atoms. The molecule has 0 fully saturated rings. The van der Waals surface area contributed by atoms with Gasteiger partial charge >= 0.3 is 0 Å². The van der Waals surface area contributed by atoms with Crippen molar-refractivity contribution >= 4 is 35.2 Å². The van der Waals surface area contributed by atoms with Crippen molar-refractivity contribution in [2.75, 3.05) is 5.75 Å². The van der Waals surface area contributed by atoms with E-state index in [2.05, 4.69) is 5.32 Å². The molecule has 2 rings (SSSR count). The Balaban J connectivity index is 2.18. The molecule has 4 nitrogen and oxygen atoms in total. The second kappa shape index (κ2) is 10.1. The molecule has 0 radical (unpaired) electrons. The number of rotatable bonds is 7. The highest BCUT2D eigenvalue weighted by Crippen LogP contribution is 2.22. The van der Waals surface area contributed by atoms with Crippen LogP contribution >= 0.6 is 23.4 Å². The predicted octanol–water partition coefficient (Wildman–Crippen LogP) is 4.90. The van der Waals surface area contributed by atoms with Crippen LogP contribution in [-0.4, -0.2) is 34.0 Å². The predicted molar refractivity (Wildman–Crippen MR) is 116 cm³/mol. The molecule has 2 aromatic carbocycles.